The molecule has 7 nitrogen and oxygen atoms in total. The number of benzene rings is 1. The van der Waals surface area contributed by atoms with Crippen molar-refractivity contribution in [2.24, 2.45) is 0 Å². The van der Waals surface area contributed by atoms with E-state index in [1.165, 1.54) is 15.6 Å². The van der Waals surface area contributed by atoms with Crippen LogP contribution < -0.4 is 0 Å². The van der Waals surface area contributed by atoms with Gasteiger partial charge in [-0.1, -0.05) is 26.0 Å². The van der Waals surface area contributed by atoms with Gasteiger partial charge in [0, 0.05) is 49.5 Å². The minimum atomic E-state index is -3.56. The van der Waals surface area contributed by atoms with Gasteiger partial charge in [-0.15, -0.1) is 11.3 Å². The number of nitrogens with zero attached hydrogens (tertiary/aromatic N) is 4. The topological polar surface area (TPSA) is 83.5 Å². The van der Waals surface area contributed by atoms with Crippen LogP contribution in [0.2, 0.25) is 0 Å². The summed E-state index contributed by atoms with van der Waals surface area (Å²) in [5, 5.41) is 2.72. The van der Waals surface area contributed by atoms with Crippen LogP contribution in [0.5, 0.6) is 0 Å². The summed E-state index contributed by atoms with van der Waals surface area (Å²) in [5.41, 5.74) is 2.75. The molecule has 3 heterocycles. The van der Waals surface area contributed by atoms with E-state index in [1.807, 2.05) is 29.6 Å². The monoisotopic (exact) mass is 470 g/mol. The van der Waals surface area contributed by atoms with Crippen molar-refractivity contribution in [2.75, 3.05) is 26.2 Å². The maximum absolute atomic E-state index is 13.0. The molecular formula is C23H26N4O3S2. The van der Waals surface area contributed by atoms with E-state index >= 15 is 0 Å². The summed E-state index contributed by atoms with van der Waals surface area (Å²) in [5.74, 6) is 0.311. The number of piperazine rings is 1. The van der Waals surface area contributed by atoms with E-state index in [1.54, 1.807) is 29.4 Å². The maximum atomic E-state index is 13.0. The predicted octanol–water partition coefficient (Wildman–Crippen LogP) is 3.40. The van der Waals surface area contributed by atoms with E-state index in [4.69, 9.17) is 0 Å². The van der Waals surface area contributed by atoms with Crippen LogP contribution in [0.25, 0.3) is 10.6 Å². The van der Waals surface area contributed by atoms with Gasteiger partial charge in [0.2, 0.25) is 15.9 Å². The van der Waals surface area contributed by atoms with Crippen LogP contribution in [0.4, 0.5) is 0 Å². The molecule has 0 unspecified atom stereocenters. The molecule has 2 aromatic heterocycles. The van der Waals surface area contributed by atoms with Crippen molar-refractivity contribution in [3.05, 3.63) is 65.4 Å². The number of aromatic nitrogens is 2. The molecule has 0 atom stereocenters. The number of carbonyl (C=O) groups excluding carboxylic acids is 1. The van der Waals surface area contributed by atoms with Crippen LogP contribution in [0.3, 0.4) is 0 Å². The second kappa shape index (κ2) is 9.48. The zero-order valence-electron chi connectivity index (χ0n) is 18.1. The minimum Gasteiger partial charge on any atom is -0.340 e. The Morgan fingerprint density at radius 1 is 1.09 bits per heavy atom. The third-order valence-corrected chi connectivity index (χ3v) is 8.42. The smallest absolute Gasteiger partial charge is 0.243 e. The molecule has 1 aromatic carbocycles. The fraction of sp³-hybridized carbons (Fsp3) is 0.348. The lowest BCUT2D eigenvalue weighted by atomic mass is 10.0. The highest BCUT2D eigenvalue weighted by Gasteiger charge is 2.30. The SMILES string of the molecule is CC(C)c1ccc(S(=O)(=O)N2CCN(C(=O)Cc3csc(-c4cccnc4)n3)CC2)cc1. The minimum absolute atomic E-state index is 0.0358. The van der Waals surface area contributed by atoms with Crippen molar-refractivity contribution in [3.8, 4) is 10.6 Å². The Morgan fingerprint density at radius 2 is 1.81 bits per heavy atom. The quantitative estimate of drug-likeness (QED) is 0.551. The van der Waals surface area contributed by atoms with Crippen molar-refractivity contribution < 1.29 is 13.2 Å². The summed E-state index contributed by atoms with van der Waals surface area (Å²) >= 11 is 1.49. The first-order valence-corrected chi connectivity index (χ1v) is 12.9. The first kappa shape index (κ1) is 22.6. The van der Waals surface area contributed by atoms with Crippen molar-refractivity contribution in [1.29, 1.82) is 0 Å². The molecule has 168 valence electrons. The highest BCUT2D eigenvalue weighted by molar-refractivity contribution is 7.89. The number of pyridine rings is 1. The van der Waals surface area contributed by atoms with Gasteiger partial charge >= 0.3 is 0 Å². The highest BCUT2D eigenvalue weighted by atomic mass is 32.2. The predicted molar refractivity (Wildman–Crippen MR) is 125 cm³/mol. The Balaban J connectivity index is 1.35. The van der Waals surface area contributed by atoms with E-state index in [-0.39, 0.29) is 25.4 Å². The summed E-state index contributed by atoms with van der Waals surface area (Å²) in [7, 11) is -3.56. The third kappa shape index (κ3) is 4.90. The van der Waals surface area contributed by atoms with Gasteiger partial charge in [-0.2, -0.15) is 4.31 Å². The zero-order valence-corrected chi connectivity index (χ0v) is 19.8. The molecule has 1 amide bonds. The van der Waals surface area contributed by atoms with E-state index in [0.29, 0.717) is 23.9 Å². The number of rotatable bonds is 6. The molecule has 1 saturated heterocycles. The van der Waals surface area contributed by atoms with Crippen LogP contribution in [-0.2, 0) is 21.2 Å². The fourth-order valence-electron chi connectivity index (χ4n) is 3.63. The maximum Gasteiger partial charge on any atom is 0.243 e. The van der Waals surface area contributed by atoms with Crippen LogP contribution in [0.1, 0.15) is 31.0 Å². The Labute approximate surface area is 192 Å². The summed E-state index contributed by atoms with van der Waals surface area (Å²) < 4.78 is 27.4. The van der Waals surface area contributed by atoms with Crippen LogP contribution in [0.15, 0.2) is 59.1 Å². The normalized spacial score (nSPS) is 15.3. The lowest BCUT2D eigenvalue weighted by Gasteiger charge is -2.34. The van der Waals surface area contributed by atoms with Crippen LogP contribution in [0, 0.1) is 0 Å². The van der Waals surface area contributed by atoms with Gasteiger partial charge in [-0.05, 0) is 35.7 Å². The molecule has 1 aliphatic heterocycles. The summed E-state index contributed by atoms with van der Waals surface area (Å²) in [6.45, 7) is 5.48. The molecule has 1 fully saturated rings. The number of carbonyl (C=O) groups is 1. The second-order valence-electron chi connectivity index (χ2n) is 8.07. The molecule has 0 aliphatic carbocycles. The van der Waals surface area contributed by atoms with Gasteiger partial charge in [-0.3, -0.25) is 9.78 Å². The van der Waals surface area contributed by atoms with Gasteiger partial charge in [0.15, 0.2) is 0 Å². The molecule has 9 heteroatoms. The van der Waals surface area contributed by atoms with Gasteiger partial charge < -0.3 is 4.90 Å². The van der Waals surface area contributed by atoms with Crippen molar-refractivity contribution >= 4 is 27.3 Å². The van der Waals surface area contributed by atoms with E-state index in [0.717, 1.165) is 21.8 Å². The average Bonchev–Trinajstić information content (AvgIpc) is 3.28. The summed E-state index contributed by atoms with van der Waals surface area (Å²) in [6.07, 6.45) is 3.67. The van der Waals surface area contributed by atoms with Crippen molar-refractivity contribution in [2.45, 2.75) is 31.1 Å². The van der Waals surface area contributed by atoms with Gasteiger partial charge in [0.25, 0.3) is 0 Å². The lowest BCUT2D eigenvalue weighted by molar-refractivity contribution is -0.131. The van der Waals surface area contributed by atoms with Gasteiger partial charge in [-0.25, -0.2) is 13.4 Å². The lowest BCUT2D eigenvalue weighted by Crippen LogP contribution is -2.50. The Bertz CT molecular complexity index is 1170. The third-order valence-electron chi connectivity index (χ3n) is 5.57. The summed E-state index contributed by atoms with van der Waals surface area (Å²) in [4.78, 5) is 23.4. The van der Waals surface area contributed by atoms with Gasteiger partial charge in [0.1, 0.15) is 5.01 Å². The molecule has 0 N–H and O–H groups in total. The molecule has 0 saturated carbocycles. The largest absolute Gasteiger partial charge is 0.340 e. The van der Waals surface area contributed by atoms with E-state index in [2.05, 4.69) is 23.8 Å². The number of hydrogen-bond donors (Lipinski definition) is 0. The van der Waals surface area contributed by atoms with Gasteiger partial charge in [0.05, 0.1) is 17.0 Å². The molecule has 0 spiro atoms. The molecule has 0 bridgehead atoms. The number of amides is 1. The Morgan fingerprint density at radius 3 is 2.44 bits per heavy atom. The first-order valence-electron chi connectivity index (χ1n) is 10.6. The average molecular weight is 471 g/mol. The number of thiazole rings is 1. The first-order chi connectivity index (χ1) is 15.3. The molecular weight excluding hydrogens is 444 g/mol. The zero-order chi connectivity index (χ0) is 22.7. The van der Waals surface area contributed by atoms with Crippen LogP contribution in [-0.4, -0.2) is 59.7 Å². The molecule has 4 rings (SSSR count). The van der Waals surface area contributed by atoms with E-state index in [9.17, 15) is 13.2 Å². The molecule has 0 radical (unpaired) electrons. The fourth-order valence-corrected chi connectivity index (χ4v) is 5.86. The van der Waals surface area contributed by atoms with Crippen molar-refractivity contribution in [3.63, 3.8) is 0 Å². The van der Waals surface area contributed by atoms with Crippen molar-refractivity contribution in [1.82, 2.24) is 19.2 Å². The second-order valence-corrected chi connectivity index (χ2v) is 10.9. The number of hydrogen-bond acceptors (Lipinski definition) is 6. The molecule has 32 heavy (non-hydrogen) atoms. The number of sulfonamides is 1. The molecule has 3 aromatic rings. The standard InChI is InChI=1S/C23H26N4O3S2/c1-17(2)18-5-7-21(8-6-18)32(29,30)27-12-10-26(11-13-27)22(28)14-20-16-31-23(25-20)19-4-3-9-24-15-19/h3-9,15-17H,10-14H2,1-2H3. The Kier molecular flexibility index (Phi) is 6.68. The van der Waals surface area contributed by atoms with E-state index < -0.39 is 10.0 Å². The summed E-state index contributed by atoms with van der Waals surface area (Å²) in [6, 6.07) is 10.9. The molecule has 1 aliphatic rings. The van der Waals surface area contributed by atoms with Crippen LogP contribution >= 0.6 is 11.3 Å². The Hall–Kier alpha value is -2.62. The highest BCUT2D eigenvalue weighted by Crippen LogP contribution is 2.24.